The van der Waals surface area contributed by atoms with Crippen molar-refractivity contribution in [1.29, 1.82) is 0 Å². The maximum Gasteiger partial charge on any atom is -0.00775 e. The first-order valence-electron chi connectivity index (χ1n) is 3.29. The van der Waals surface area contributed by atoms with Crippen LogP contribution in [0.3, 0.4) is 0 Å². The fourth-order valence-corrected chi connectivity index (χ4v) is 0.250. The summed E-state index contributed by atoms with van der Waals surface area (Å²) in [5, 5.41) is 3.11. The molecule has 1 N–H and O–H groups in total. The van der Waals surface area contributed by atoms with Crippen molar-refractivity contribution in [3.05, 3.63) is 12.7 Å². The maximum absolute atomic E-state index is 3.50. The average Bonchev–Trinajstić information content (AvgIpc) is 1.91. The van der Waals surface area contributed by atoms with Crippen molar-refractivity contribution in [3.8, 4) is 0 Å². The second-order valence-electron chi connectivity index (χ2n) is 1.45. The van der Waals surface area contributed by atoms with Crippen LogP contribution in [0.15, 0.2) is 12.7 Å². The third-order valence-corrected chi connectivity index (χ3v) is 1.47. The van der Waals surface area contributed by atoms with Crippen LogP contribution in [0.1, 0.15) is 13.8 Å². The van der Waals surface area contributed by atoms with Crippen molar-refractivity contribution in [2.75, 3.05) is 13.1 Å². The van der Waals surface area contributed by atoms with Gasteiger partial charge >= 0.3 is 39.6 Å². The molecule has 53 valence electrons. The molecule has 0 spiro atoms. The molecular weight excluding hydrogens is 217 g/mol. The van der Waals surface area contributed by atoms with Gasteiger partial charge in [0.2, 0.25) is 0 Å². The van der Waals surface area contributed by atoms with E-state index in [9.17, 15) is 0 Å². The van der Waals surface area contributed by atoms with Crippen LogP contribution in [0.25, 0.3) is 0 Å². The number of hydrogen-bond acceptors (Lipinski definition) is 1. The van der Waals surface area contributed by atoms with Crippen LogP contribution in [0, 0.1) is 0 Å². The van der Waals surface area contributed by atoms with Gasteiger partial charge in [0.15, 0.2) is 0 Å². The second-order valence-corrected chi connectivity index (χ2v) is 2.62. The van der Waals surface area contributed by atoms with E-state index in [-0.39, 0.29) is 0 Å². The van der Waals surface area contributed by atoms with Gasteiger partial charge in [0.1, 0.15) is 0 Å². The summed E-state index contributed by atoms with van der Waals surface area (Å²) in [5.41, 5.74) is 0. The summed E-state index contributed by atoms with van der Waals surface area (Å²) in [4.78, 5) is 0. The molecule has 0 fully saturated rings. The Morgan fingerprint density at radius 3 is 1.78 bits per heavy atom. The van der Waals surface area contributed by atoms with Gasteiger partial charge in [-0.1, -0.05) is 13.8 Å². The zero-order chi connectivity index (χ0) is 7.54. The van der Waals surface area contributed by atoms with E-state index in [2.05, 4.69) is 25.7 Å². The minimum atomic E-state index is 1.09. The molecule has 0 unspecified atom stereocenters. The first-order chi connectivity index (χ1) is 4.33. The molecule has 0 aromatic carbocycles. The molecule has 0 aromatic heterocycles. The number of hydrogen-bond donors (Lipinski definition) is 1. The molecule has 0 aliphatic rings. The molecule has 9 heavy (non-hydrogen) atoms. The fraction of sp³-hybridized carbons (Fsp3) is 0.714. The average molecular weight is 233 g/mol. The van der Waals surface area contributed by atoms with E-state index in [1.165, 1.54) is 4.44 Å². The molecule has 0 rings (SSSR count). The molecule has 0 amide bonds. The number of allylic oxidation sites excluding steroid dienone is 1. The first kappa shape index (κ1) is 12.2. The summed E-state index contributed by atoms with van der Waals surface area (Å²) < 4.78 is 1.17. The van der Waals surface area contributed by atoms with Crippen LogP contribution >= 0.6 is 0 Å². The van der Waals surface area contributed by atoms with Gasteiger partial charge in [0.25, 0.3) is 0 Å². The van der Waals surface area contributed by atoms with Crippen molar-refractivity contribution < 1.29 is 0 Å². The molecule has 0 aromatic rings. The Kier molecular flexibility index (Phi) is 21.4. The molecule has 0 atom stereocenters. The Morgan fingerprint density at radius 2 is 1.78 bits per heavy atom. The van der Waals surface area contributed by atoms with Gasteiger partial charge in [0, 0.05) is 0 Å². The van der Waals surface area contributed by atoms with Gasteiger partial charge in [-0.3, -0.25) is 0 Å². The minimum Gasteiger partial charge on any atom is -0.317 e. The molecule has 3 radical (unpaired) electrons. The van der Waals surface area contributed by atoms with Crippen molar-refractivity contribution in [2.45, 2.75) is 18.3 Å². The Bertz CT molecular complexity index is 44.2. The molecule has 0 saturated carbocycles. The second kappa shape index (κ2) is 15.8. The monoisotopic (exact) mass is 234 g/mol. The maximum atomic E-state index is 3.50. The Morgan fingerprint density at radius 1 is 1.44 bits per heavy atom. The zero-order valence-corrected chi connectivity index (χ0v) is 9.26. The van der Waals surface area contributed by atoms with Gasteiger partial charge in [0.05, 0.1) is 0 Å². The van der Waals surface area contributed by atoms with E-state index in [1.54, 1.807) is 22.5 Å². The Hall–Kier alpha value is 0.499. The summed E-state index contributed by atoms with van der Waals surface area (Å²) >= 11 is 1.55. The predicted molar refractivity (Wildman–Crippen MR) is 45.0 cm³/mol. The Balaban J connectivity index is 0. The summed E-state index contributed by atoms with van der Waals surface area (Å²) in [7, 11) is 0. The van der Waals surface area contributed by atoms with Gasteiger partial charge in [-0.2, -0.15) is 0 Å². The summed E-state index contributed by atoms with van der Waals surface area (Å²) in [6.07, 6.45) is 1.92. The van der Waals surface area contributed by atoms with Gasteiger partial charge in [-0.05, 0) is 13.1 Å². The van der Waals surface area contributed by atoms with Crippen molar-refractivity contribution >= 4 is 22.5 Å². The smallest absolute Gasteiger partial charge is 0.00775 e. The van der Waals surface area contributed by atoms with Crippen LogP contribution in [0.5, 0.6) is 0 Å². The van der Waals surface area contributed by atoms with Crippen LogP contribution in [-0.4, -0.2) is 35.6 Å². The fourth-order valence-electron chi connectivity index (χ4n) is 0.250. The molecule has 0 bridgehead atoms. The predicted octanol–water partition coefficient (Wildman–Crippen LogP) is 1.37. The van der Waals surface area contributed by atoms with Crippen molar-refractivity contribution in [1.82, 2.24) is 5.32 Å². The van der Waals surface area contributed by atoms with Gasteiger partial charge in [-0.15, -0.1) is 0 Å². The number of rotatable bonds is 3. The molecule has 2 heteroatoms. The van der Waals surface area contributed by atoms with Gasteiger partial charge < -0.3 is 5.32 Å². The Labute approximate surface area is 72.0 Å². The van der Waals surface area contributed by atoms with Gasteiger partial charge in [-0.25, -0.2) is 0 Å². The third-order valence-electron chi connectivity index (χ3n) is 0.644. The molecule has 1 nitrogen and oxygen atoms in total. The van der Waals surface area contributed by atoms with Crippen LogP contribution < -0.4 is 5.32 Å². The minimum absolute atomic E-state index is 1.09. The molecule has 0 aliphatic carbocycles. The van der Waals surface area contributed by atoms with E-state index in [1.807, 2.05) is 6.08 Å². The standard InChI is InChI=1S/C4H11N.C3H5.Sn/c1-3-5-4-2;1-3-2;/h5H,3-4H2,1-2H3;3H,1-2H2;. The van der Waals surface area contributed by atoms with Crippen molar-refractivity contribution in [2.24, 2.45) is 0 Å². The number of nitrogens with one attached hydrogen (secondary N) is 1. The van der Waals surface area contributed by atoms with Crippen LogP contribution in [0.4, 0.5) is 0 Å². The third kappa shape index (κ3) is 29.3. The van der Waals surface area contributed by atoms with E-state index >= 15 is 0 Å². The zero-order valence-electron chi connectivity index (χ0n) is 6.41. The topological polar surface area (TPSA) is 12.0 Å². The largest absolute Gasteiger partial charge is 0.317 e. The first-order valence-corrected chi connectivity index (χ1v) is 5.31. The van der Waals surface area contributed by atoms with Crippen molar-refractivity contribution in [3.63, 3.8) is 0 Å². The summed E-state index contributed by atoms with van der Waals surface area (Å²) in [6, 6.07) is 0. The van der Waals surface area contributed by atoms with E-state index in [0.29, 0.717) is 0 Å². The van der Waals surface area contributed by atoms with E-state index in [0.717, 1.165) is 13.1 Å². The quantitative estimate of drug-likeness (QED) is 0.573. The SMILES string of the molecule is C=C[CH2][Sn].CCNCC. The molecular formula is C7H16NSn. The van der Waals surface area contributed by atoms with Crippen LogP contribution in [0.2, 0.25) is 4.44 Å². The van der Waals surface area contributed by atoms with E-state index < -0.39 is 0 Å². The molecule has 0 saturated heterocycles. The molecule has 0 aliphatic heterocycles. The van der Waals surface area contributed by atoms with E-state index in [4.69, 9.17) is 0 Å². The molecule has 0 heterocycles. The van der Waals surface area contributed by atoms with Crippen LogP contribution in [-0.2, 0) is 0 Å². The summed E-state index contributed by atoms with van der Waals surface area (Å²) in [5.74, 6) is 0. The summed E-state index contributed by atoms with van der Waals surface area (Å²) in [6.45, 7) is 9.89. The normalized spacial score (nSPS) is 7.44.